The number of halogens is 1. The molecule has 0 spiro atoms. The molecule has 1 aromatic carbocycles. The molecule has 0 unspecified atom stereocenters. The van der Waals surface area contributed by atoms with Crippen LogP contribution in [-0.4, -0.2) is 27.9 Å². The Morgan fingerprint density at radius 2 is 2.13 bits per heavy atom. The molecule has 4 nitrogen and oxygen atoms in total. The van der Waals surface area contributed by atoms with Crippen LogP contribution in [0.4, 0.5) is 10.1 Å². The highest BCUT2D eigenvalue weighted by atomic mass is 32.2. The SMILES string of the molecule is COCCS(=O)(=O)c1cc(F)ccc1N. The number of ether oxygens (including phenoxy) is 1. The molecule has 0 atom stereocenters. The van der Waals surface area contributed by atoms with Gasteiger partial charge in [0.05, 0.1) is 22.9 Å². The third-order valence-electron chi connectivity index (χ3n) is 1.87. The van der Waals surface area contributed by atoms with Crippen molar-refractivity contribution in [2.45, 2.75) is 4.90 Å². The number of nitrogen functional groups attached to an aromatic ring is 1. The van der Waals surface area contributed by atoms with E-state index in [-0.39, 0.29) is 22.9 Å². The van der Waals surface area contributed by atoms with Crippen molar-refractivity contribution in [2.75, 3.05) is 25.2 Å². The maximum absolute atomic E-state index is 12.8. The fraction of sp³-hybridized carbons (Fsp3) is 0.333. The van der Waals surface area contributed by atoms with Gasteiger partial charge in [-0.2, -0.15) is 0 Å². The van der Waals surface area contributed by atoms with E-state index in [0.29, 0.717) is 0 Å². The highest BCUT2D eigenvalue weighted by Crippen LogP contribution is 2.20. The van der Waals surface area contributed by atoms with Crippen LogP contribution in [-0.2, 0) is 14.6 Å². The summed E-state index contributed by atoms with van der Waals surface area (Å²) in [5.41, 5.74) is 5.51. The lowest BCUT2D eigenvalue weighted by Crippen LogP contribution is -2.13. The number of methoxy groups -OCH3 is 1. The Kier molecular flexibility index (Phi) is 3.65. The summed E-state index contributed by atoms with van der Waals surface area (Å²) in [4.78, 5) is -0.181. The zero-order valence-corrected chi connectivity index (χ0v) is 9.05. The van der Waals surface area contributed by atoms with Gasteiger partial charge in [-0.1, -0.05) is 0 Å². The van der Waals surface area contributed by atoms with E-state index in [4.69, 9.17) is 5.73 Å². The van der Waals surface area contributed by atoms with Crippen molar-refractivity contribution in [3.8, 4) is 0 Å². The minimum atomic E-state index is -3.57. The van der Waals surface area contributed by atoms with Gasteiger partial charge in [0.25, 0.3) is 0 Å². The number of anilines is 1. The number of nitrogens with two attached hydrogens (primary N) is 1. The quantitative estimate of drug-likeness (QED) is 0.782. The van der Waals surface area contributed by atoms with Crippen LogP contribution < -0.4 is 5.73 Å². The second-order valence-corrected chi connectivity index (χ2v) is 5.07. The molecule has 0 aliphatic carbocycles. The predicted molar refractivity (Wildman–Crippen MR) is 54.7 cm³/mol. The molecule has 0 amide bonds. The summed E-state index contributed by atoms with van der Waals surface area (Å²) in [5.74, 6) is -0.836. The molecule has 0 saturated carbocycles. The minimum absolute atomic E-state index is 0.0486. The first-order valence-corrected chi connectivity index (χ1v) is 5.89. The summed E-state index contributed by atoms with van der Waals surface area (Å²) in [7, 11) is -2.17. The highest BCUT2D eigenvalue weighted by Gasteiger charge is 2.17. The Bertz CT molecular complexity index is 445. The minimum Gasteiger partial charge on any atom is -0.398 e. The van der Waals surface area contributed by atoms with Crippen molar-refractivity contribution in [3.05, 3.63) is 24.0 Å². The molecule has 0 saturated heterocycles. The van der Waals surface area contributed by atoms with E-state index < -0.39 is 15.7 Å². The smallest absolute Gasteiger partial charge is 0.182 e. The van der Waals surface area contributed by atoms with E-state index in [1.807, 2.05) is 0 Å². The Balaban J connectivity index is 3.09. The highest BCUT2D eigenvalue weighted by molar-refractivity contribution is 7.91. The molecule has 1 aromatic rings. The second-order valence-electron chi connectivity index (χ2n) is 2.99. The first-order valence-electron chi connectivity index (χ1n) is 4.24. The summed E-state index contributed by atoms with van der Waals surface area (Å²) in [6, 6.07) is 3.26. The molecule has 0 aliphatic rings. The molecule has 0 heterocycles. The van der Waals surface area contributed by atoms with Gasteiger partial charge < -0.3 is 10.5 Å². The third kappa shape index (κ3) is 2.90. The summed E-state index contributed by atoms with van der Waals surface area (Å²) >= 11 is 0. The Morgan fingerprint density at radius 3 is 2.73 bits per heavy atom. The molecule has 2 N–H and O–H groups in total. The summed E-state index contributed by atoms with van der Waals surface area (Å²) in [5, 5.41) is 0. The van der Waals surface area contributed by atoms with Crippen LogP contribution in [0, 0.1) is 5.82 Å². The van der Waals surface area contributed by atoms with Crippen molar-refractivity contribution in [2.24, 2.45) is 0 Å². The molecule has 6 heteroatoms. The van der Waals surface area contributed by atoms with Gasteiger partial charge in [-0.15, -0.1) is 0 Å². The molecule has 0 bridgehead atoms. The van der Waals surface area contributed by atoms with Gasteiger partial charge in [0.15, 0.2) is 9.84 Å². The van der Waals surface area contributed by atoms with E-state index in [0.717, 1.165) is 12.1 Å². The average molecular weight is 233 g/mol. The van der Waals surface area contributed by atoms with Crippen molar-refractivity contribution in [3.63, 3.8) is 0 Å². The van der Waals surface area contributed by atoms with Gasteiger partial charge in [-0.25, -0.2) is 12.8 Å². The van der Waals surface area contributed by atoms with Gasteiger partial charge in [0, 0.05) is 7.11 Å². The number of sulfone groups is 1. The number of rotatable bonds is 4. The van der Waals surface area contributed by atoms with Crippen LogP contribution in [0.2, 0.25) is 0 Å². The summed E-state index contributed by atoms with van der Waals surface area (Å²) < 4.78 is 40.8. The Hall–Kier alpha value is -1.14. The van der Waals surface area contributed by atoms with Crippen molar-refractivity contribution < 1.29 is 17.5 Å². The number of hydrogen-bond donors (Lipinski definition) is 1. The van der Waals surface area contributed by atoms with Crippen molar-refractivity contribution >= 4 is 15.5 Å². The van der Waals surface area contributed by atoms with Gasteiger partial charge >= 0.3 is 0 Å². The zero-order valence-electron chi connectivity index (χ0n) is 8.23. The van der Waals surface area contributed by atoms with E-state index in [2.05, 4.69) is 4.74 Å². The molecule has 0 aliphatic heterocycles. The lowest BCUT2D eigenvalue weighted by molar-refractivity contribution is 0.217. The van der Waals surface area contributed by atoms with Gasteiger partial charge in [-0.3, -0.25) is 0 Å². The second kappa shape index (κ2) is 4.59. The van der Waals surface area contributed by atoms with Crippen LogP contribution in [0.3, 0.4) is 0 Å². The Labute approximate surface area is 87.8 Å². The monoisotopic (exact) mass is 233 g/mol. The summed E-state index contributed by atoms with van der Waals surface area (Å²) in [6.07, 6.45) is 0. The normalized spacial score (nSPS) is 11.6. The first kappa shape index (κ1) is 11.9. The van der Waals surface area contributed by atoms with Crippen LogP contribution >= 0.6 is 0 Å². The van der Waals surface area contributed by atoms with E-state index in [1.165, 1.54) is 13.2 Å². The van der Waals surface area contributed by atoms with Crippen molar-refractivity contribution in [1.82, 2.24) is 0 Å². The van der Waals surface area contributed by atoms with Gasteiger partial charge in [-0.05, 0) is 18.2 Å². The fourth-order valence-corrected chi connectivity index (χ4v) is 2.41. The first-order chi connectivity index (χ1) is 6.97. The van der Waals surface area contributed by atoms with Gasteiger partial charge in [0.2, 0.25) is 0 Å². The van der Waals surface area contributed by atoms with E-state index >= 15 is 0 Å². The molecule has 0 radical (unpaired) electrons. The largest absolute Gasteiger partial charge is 0.398 e. The lowest BCUT2D eigenvalue weighted by atomic mass is 10.3. The molecular formula is C9H12FNO3S. The zero-order chi connectivity index (χ0) is 11.5. The maximum atomic E-state index is 12.8. The van der Waals surface area contributed by atoms with Gasteiger partial charge in [0.1, 0.15) is 5.82 Å². The van der Waals surface area contributed by atoms with Crippen LogP contribution in [0.1, 0.15) is 0 Å². The lowest BCUT2D eigenvalue weighted by Gasteiger charge is -2.06. The Morgan fingerprint density at radius 1 is 1.47 bits per heavy atom. The molecule has 1 rings (SSSR count). The predicted octanol–water partition coefficient (Wildman–Crippen LogP) is 0.828. The maximum Gasteiger partial charge on any atom is 0.182 e. The summed E-state index contributed by atoms with van der Waals surface area (Å²) in [6.45, 7) is 0.0539. The van der Waals surface area contributed by atoms with E-state index in [9.17, 15) is 12.8 Å². The van der Waals surface area contributed by atoms with Crippen LogP contribution in [0.15, 0.2) is 23.1 Å². The average Bonchev–Trinajstić information content (AvgIpc) is 2.18. The third-order valence-corrected chi connectivity index (χ3v) is 3.59. The molecule has 84 valence electrons. The number of benzene rings is 1. The fourth-order valence-electron chi connectivity index (χ4n) is 1.08. The molecule has 15 heavy (non-hydrogen) atoms. The standard InChI is InChI=1S/C9H12FNO3S/c1-14-4-5-15(12,13)9-6-7(10)2-3-8(9)11/h2-3,6H,4-5,11H2,1H3. The topological polar surface area (TPSA) is 69.4 Å². The van der Waals surface area contributed by atoms with Crippen LogP contribution in [0.25, 0.3) is 0 Å². The van der Waals surface area contributed by atoms with Crippen molar-refractivity contribution in [1.29, 1.82) is 0 Å². The van der Waals surface area contributed by atoms with Crippen LogP contribution in [0.5, 0.6) is 0 Å². The molecular weight excluding hydrogens is 221 g/mol. The molecule has 0 aromatic heterocycles. The molecule has 0 fully saturated rings. The number of hydrogen-bond acceptors (Lipinski definition) is 4. The van der Waals surface area contributed by atoms with E-state index in [1.54, 1.807) is 0 Å².